The second-order valence-electron chi connectivity index (χ2n) is 5.06. The predicted octanol–water partition coefficient (Wildman–Crippen LogP) is 0.744. The molecule has 0 radical (unpaired) electrons. The van der Waals surface area contributed by atoms with Crippen molar-refractivity contribution >= 4 is 22.6 Å². The number of piperazine rings is 1. The third-order valence-corrected chi connectivity index (χ3v) is 3.74. The zero-order chi connectivity index (χ0) is 14.3. The number of nitrogens with one attached hydrogen (secondary N) is 1. The average molecular weight is 275 g/mol. The minimum Gasteiger partial charge on any atom is -0.405 e. The first-order valence-corrected chi connectivity index (χ1v) is 6.68. The fourth-order valence-electron chi connectivity index (χ4n) is 2.55. The van der Waals surface area contributed by atoms with Crippen LogP contribution in [0, 0.1) is 0 Å². The van der Waals surface area contributed by atoms with Gasteiger partial charge in [0.2, 0.25) is 0 Å². The summed E-state index contributed by atoms with van der Waals surface area (Å²) in [4.78, 5) is 25.6. The number of hydrogen-bond acceptors (Lipinski definition) is 5. The largest absolute Gasteiger partial charge is 0.419 e. The summed E-state index contributed by atoms with van der Waals surface area (Å²) in [6.45, 7) is 4.94. The highest BCUT2D eigenvalue weighted by atomic mass is 16.4. The molecule has 1 aromatic heterocycles. The van der Waals surface area contributed by atoms with Crippen molar-refractivity contribution in [2.75, 3.05) is 31.1 Å². The molecule has 6 nitrogen and oxygen atoms in total. The van der Waals surface area contributed by atoms with Crippen LogP contribution in [0.2, 0.25) is 0 Å². The maximum absolute atomic E-state index is 11.7. The Bertz CT molecular complexity index is 723. The molecule has 0 aliphatic carbocycles. The topological polar surface area (TPSA) is 67.5 Å². The summed E-state index contributed by atoms with van der Waals surface area (Å²) in [5, 5.41) is 3.28. The number of rotatable bonds is 2. The third kappa shape index (κ3) is 2.02. The van der Waals surface area contributed by atoms with E-state index in [1.165, 1.54) is 11.5 Å². The summed E-state index contributed by atoms with van der Waals surface area (Å²) >= 11 is 0. The Hall–Kier alpha value is -2.08. The quantitative estimate of drug-likeness (QED) is 0.819. The van der Waals surface area contributed by atoms with Crippen molar-refractivity contribution in [3.63, 3.8) is 0 Å². The molecule has 2 heterocycles. The van der Waals surface area contributed by atoms with Gasteiger partial charge in [-0.15, -0.1) is 0 Å². The normalized spacial score (nSPS) is 15.8. The Balaban J connectivity index is 2.24. The van der Waals surface area contributed by atoms with Crippen LogP contribution in [-0.2, 0) is 7.05 Å². The summed E-state index contributed by atoms with van der Waals surface area (Å²) < 4.78 is 6.79. The van der Waals surface area contributed by atoms with Gasteiger partial charge in [-0.2, -0.15) is 0 Å². The molecular weight excluding hydrogens is 258 g/mol. The third-order valence-electron chi connectivity index (χ3n) is 3.74. The zero-order valence-electron chi connectivity index (χ0n) is 11.6. The highest BCUT2D eigenvalue weighted by Gasteiger charge is 2.20. The maximum Gasteiger partial charge on any atom is 0.419 e. The van der Waals surface area contributed by atoms with E-state index in [1.807, 2.05) is 6.07 Å². The minimum atomic E-state index is -0.405. The highest BCUT2D eigenvalue weighted by molar-refractivity contribution is 6.01. The lowest BCUT2D eigenvalue weighted by Crippen LogP contribution is -2.43. The van der Waals surface area contributed by atoms with Crippen LogP contribution < -0.4 is 16.0 Å². The molecule has 0 amide bonds. The second kappa shape index (κ2) is 4.79. The Morgan fingerprint density at radius 1 is 1.30 bits per heavy atom. The van der Waals surface area contributed by atoms with Gasteiger partial charge >= 0.3 is 5.76 Å². The standard InChI is InChI=1S/C14H17N3O3/c1-9(18)10-7-11-13(20-14(19)16(11)2)12(8-10)17-5-3-15-4-6-17/h7-8,15H,3-6H2,1-2H3. The minimum absolute atomic E-state index is 0.0167. The van der Waals surface area contributed by atoms with E-state index in [0.717, 1.165) is 31.9 Å². The number of fused-ring (bicyclic) bond motifs is 1. The molecule has 2 aromatic rings. The maximum atomic E-state index is 11.7. The molecule has 1 N–H and O–H groups in total. The molecule has 1 fully saturated rings. The molecule has 6 heteroatoms. The van der Waals surface area contributed by atoms with E-state index in [0.29, 0.717) is 16.7 Å². The number of carbonyl (C=O) groups is 1. The predicted molar refractivity (Wildman–Crippen MR) is 76.5 cm³/mol. The van der Waals surface area contributed by atoms with Crippen LogP contribution in [0.25, 0.3) is 11.1 Å². The Kier molecular flexibility index (Phi) is 3.10. The number of carbonyl (C=O) groups excluding carboxylic acids is 1. The smallest absolute Gasteiger partial charge is 0.405 e. The first-order chi connectivity index (χ1) is 9.58. The van der Waals surface area contributed by atoms with Gasteiger partial charge in [0, 0.05) is 38.8 Å². The molecule has 0 bridgehead atoms. The molecule has 1 aromatic carbocycles. The van der Waals surface area contributed by atoms with Crippen LogP contribution in [0.3, 0.4) is 0 Å². The van der Waals surface area contributed by atoms with Gasteiger partial charge in [0.25, 0.3) is 0 Å². The number of anilines is 1. The Morgan fingerprint density at radius 3 is 2.65 bits per heavy atom. The summed E-state index contributed by atoms with van der Waals surface area (Å²) in [5.74, 6) is -0.422. The van der Waals surface area contributed by atoms with E-state index in [1.54, 1.807) is 13.1 Å². The van der Waals surface area contributed by atoms with E-state index in [2.05, 4.69) is 10.2 Å². The number of nitrogens with zero attached hydrogens (tertiary/aromatic N) is 2. The van der Waals surface area contributed by atoms with Crippen molar-refractivity contribution in [3.8, 4) is 0 Å². The van der Waals surface area contributed by atoms with Crippen molar-refractivity contribution in [2.45, 2.75) is 6.92 Å². The van der Waals surface area contributed by atoms with Gasteiger partial charge in [-0.3, -0.25) is 9.36 Å². The number of ketones is 1. The fourth-order valence-corrected chi connectivity index (χ4v) is 2.55. The molecule has 3 rings (SSSR count). The number of hydrogen-bond donors (Lipinski definition) is 1. The van der Waals surface area contributed by atoms with Crippen LogP contribution in [-0.4, -0.2) is 36.5 Å². The van der Waals surface area contributed by atoms with Crippen LogP contribution in [0.5, 0.6) is 0 Å². The average Bonchev–Trinajstić information content (AvgIpc) is 2.74. The van der Waals surface area contributed by atoms with Gasteiger partial charge in [0.05, 0.1) is 11.2 Å². The van der Waals surface area contributed by atoms with Crippen molar-refractivity contribution in [3.05, 3.63) is 28.2 Å². The number of aromatic nitrogens is 1. The van der Waals surface area contributed by atoms with E-state index < -0.39 is 5.76 Å². The summed E-state index contributed by atoms with van der Waals surface area (Å²) in [5.41, 5.74) is 2.65. The van der Waals surface area contributed by atoms with Crippen LogP contribution in [0.4, 0.5) is 5.69 Å². The summed E-state index contributed by atoms with van der Waals surface area (Å²) in [6.07, 6.45) is 0. The fraction of sp³-hybridized carbons (Fsp3) is 0.429. The van der Waals surface area contributed by atoms with Gasteiger partial charge in [-0.05, 0) is 19.1 Å². The molecule has 1 saturated heterocycles. The van der Waals surface area contributed by atoms with E-state index >= 15 is 0 Å². The highest BCUT2D eigenvalue weighted by Crippen LogP contribution is 2.28. The summed E-state index contributed by atoms with van der Waals surface area (Å²) in [7, 11) is 1.65. The van der Waals surface area contributed by atoms with Gasteiger partial charge < -0.3 is 14.6 Å². The molecular formula is C14H17N3O3. The van der Waals surface area contributed by atoms with Crippen molar-refractivity contribution in [1.29, 1.82) is 0 Å². The van der Waals surface area contributed by atoms with E-state index in [9.17, 15) is 9.59 Å². The molecule has 0 unspecified atom stereocenters. The van der Waals surface area contributed by atoms with Crippen LogP contribution >= 0.6 is 0 Å². The second-order valence-corrected chi connectivity index (χ2v) is 5.06. The lowest BCUT2D eigenvalue weighted by atomic mass is 10.1. The lowest BCUT2D eigenvalue weighted by molar-refractivity contribution is 0.101. The van der Waals surface area contributed by atoms with Crippen molar-refractivity contribution in [1.82, 2.24) is 9.88 Å². The van der Waals surface area contributed by atoms with Gasteiger partial charge in [0.15, 0.2) is 11.4 Å². The molecule has 1 aliphatic heterocycles. The lowest BCUT2D eigenvalue weighted by Gasteiger charge is -2.29. The molecule has 0 spiro atoms. The monoisotopic (exact) mass is 275 g/mol. The van der Waals surface area contributed by atoms with E-state index in [4.69, 9.17) is 4.42 Å². The van der Waals surface area contributed by atoms with Crippen molar-refractivity contribution in [2.24, 2.45) is 7.05 Å². The molecule has 1 aliphatic rings. The van der Waals surface area contributed by atoms with Crippen LogP contribution in [0.1, 0.15) is 17.3 Å². The number of benzene rings is 1. The van der Waals surface area contributed by atoms with Gasteiger partial charge in [0.1, 0.15) is 0 Å². The number of Topliss-reactive ketones (excluding diaryl/α,β-unsaturated/α-hetero) is 1. The summed E-state index contributed by atoms with van der Waals surface area (Å²) in [6, 6.07) is 3.53. The number of aryl methyl sites for hydroxylation is 1. The number of oxazole rings is 1. The van der Waals surface area contributed by atoms with Crippen LogP contribution in [0.15, 0.2) is 21.3 Å². The molecule has 20 heavy (non-hydrogen) atoms. The Labute approximate surface area is 116 Å². The Morgan fingerprint density at radius 2 is 2.00 bits per heavy atom. The molecule has 106 valence electrons. The van der Waals surface area contributed by atoms with Crippen molar-refractivity contribution < 1.29 is 9.21 Å². The van der Waals surface area contributed by atoms with Gasteiger partial charge in [-0.25, -0.2) is 4.79 Å². The molecule has 0 saturated carbocycles. The van der Waals surface area contributed by atoms with Gasteiger partial charge in [-0.1, -0.05) is 0 Å². The first-order valence-electron chi connectivity index (χ1n) is 6.68. The SMILES string of the molecule is CC(=O)c1cc(N2CCNCC2)c2oc(=O)n(C)c2c1. The van der Waals surface area contributed by atoms with E-state index in [-0.39, 0.29) is 5.78 Å². The first kappa shape index (κ1) is 12.9. The zero-order valence-corrected chi connectivity index (χ0v) is 11.6. The molecule has 0 atom stereocenters.